The molecule has 0 aromatic heterocycles. The van der Waals surface area contributed by atoms with Gasteiger partial charge in [-0.3, -0.25) is 4.79 Å². The number of hydrogen-bond donors (Lipinski definition) is 2. The number of sulfonamides is 1. The van der Waals surface area contributed by atoms with Crippen LogP contribution in [0.1, 0.15) is 18.1 Å². The maximum absolute atomic E-state index is 13.5. The van der Waals surface area contributed by atoms with E-state index in [-0.39, 0.29) is 17.0 Å². The fourth-order valence-electron chi connectivity index (χ4n) is 3.20. The minimum atomic E-state index is -4.09. The van der Waals surface area contributed by atoms with Gasteiger partial charge in [0.1, 0.15) is 11.8 Å². The number of aryl methyl sites for hydroxylation is 1. The number of hydrogen-bond acceptors (Lipinski definition) is 4. The Hall–Kier alpha value is -3.30. The van der Waals surface area contributed by atoms with Gasteiger partial charge in [0.2, 0.25) is 15.9 Å². The molecule has 0 saturated carbocycles. The molecule has 0 spiro atoms. The van der Waals surface area contributed by atoms with Crippen LogP contribution in [0.4, 0.5) is 14.5 Å². The first-order chi connectivity index (χ1) is 15.7. The van der Waals surface area contributed by atoms with Crippen molar-refractivity contribution in [3.8, 4) is 5.75 Å². The average Bonchev–Trinajstić information content (AvgIpc) is 2.78. The number of carbonyl (C=O) groups excluding carboxylic acids is 1. The molecule has 3 rings (SSSR count). The summed E-state index contributed by atoms with van der Waals surface area (Å²) >= 11 is 0. The van der Waals surface area contributed by atoms with Crippen LogP contribution in [0.15, 0.2) is 71.6 Å². The predicted octanol–water partition coefficient (Wildman–Crippen LogP) is 4.20. The molecule has 0 aliphatic heterocycles. The Morgan fingerprint density at radius 3 is 2.36 bits per heavy atom. The topological polar surface area (TPSA) is 84.5 Å². The van der Waals surface area contributed by atoms with Crippen molar-refractivity contribution in [1.82, 2.24) is 4.72 Å². The Morgan fingerprint density at radius 1 is 1.00 bits per heavy atom. The lowest BCUT2D eigenvalue weighted by molar-refractivity contribution is -0.117. The van der Waals surface area contributed by atoms with Crippen LogP contribution in [0, 0.1) is 18.6 Å². The molecular weight excluding hydrogens is 450 g/mol. The fraction of sp³-hybridized carbons (Fsp3) is 0.208. The van der Waals surface area contributed by atoms with Crippen LogP contribution in [0.25, 0.3) is 0 Å². The van der Waals surface area contributed by atoms with E-state index in [9.17, 15) is 22.0 Å². The van der Waals surface area contributed by atoms with Gasteiger partial charge in [-0.15, -0.1) is 0 Å². The van der Waals surface area contributed by atoms with E-state index in [1.54, 1.807) is 43.3 Å². The Balaban J connectivity index is 1.87. The lowest BCUT2D eigenvalue weighted by Crippen LogP contribution is -2.45. The number of carbonyl (C=O) groups is 1. The largest absolute Gasteiger partial charge is 0.494 e. The van der Waals surface area contributed by atoms with Crippen molar-refractivity contribution in [2.45, 2.75) is 31.2 Å². The minimum Gasteiger partial charge on any atom is -0.494 e. The molecule has 174 valence electrons. The van der Waals surface area contributed by atoms with Crippen molar-refractivity contribution in [2.75, 3.05) is 11.9 Å². The van der Waals surface area contributed by atoms with Gasteiger partial charge in [0.05, 0.1) is 11.5 Å². The summed E-state index contributed by atoms with van der Waals surface area (Å²) in [6.45, 7) is 3.99. The maximum Gasteiger partial charge on any atom is 0.242 e. The molecule has 1 amide bonds. The van der Waals surface area contributed by atoms with Gasteiger partial charge in [-0.25, -0.2) is 17.2 Å². The van der Waals surface area contributed by atoms with Crippen LogP contribution >= 0.6 is 0 Å². The number of benzene rings is 3. The second kappa shape index (κ2) is 10.5. The predicted molar refractivity (Wildman–Crippen MR) is 122 cm³/mol. The molecule has 3 aromatic rings. The summed E-state index contributed by atoms with van der Waals surface area (Å²) in [7, 11) is -4.09. The molecule has 33 heavy (non-hydrogen) atoms. The van der Waals surface area contributed by atoms with Gasteiger partial charge in [-0.2, -0.15) is 4.72 Å². The zero-order valence-corrected chi connectivity index (χ0v) is 19.0. The van der Waals surface area contributed by atoms with Crippen LogP contribution < -0.4 is 14.8 Å². The van der Waals surface area contributed by atoms with Crippen LogP contribution in [0.3, 0.4) is 0 Å². The Morgan fingerprint density at radius 2 is 1.73 bits per heavy atom. The second-order valence-electron chi connectivity index (χ2n) is 7.34. The molecule has 0 fully saturated rings. The molecule has 3 aromatic carbocycles. The summed E-state index contributed by atoms with van der Waals surface area (Å²) in [5.41, 5.74) is 1.35. The second-order valence-corrected chi connectivity index (χ2v) is 9.06. The molecule has 6 nitrogen and oxygen atoms in total. The van der Waals surface area contributed by atoms with E-state index in [2.05, 4.69) is 10.0 Å². The highest BCUT2D eigenvalue weighted by Gasteiger charge is 2.27. The van der Waals surface area contributed by atoms with Crippen molar-refractivity contribution >= 4 is 21.6 Å². The van der Waals surface area contributed by atoms with E-state index in [0.29, 0.717) is 23.5 Å². The zero-order chi connectivity index (χ0) is 24.0. The van der Waals surface area contributed by atoms with Crippen LogP contribution in [-0.2, 0) is 21.2 Å². The number of amides is 1. The maximum atomic E-state index is 13.5. The van der Waals surface area contributed by atoms with E-state index >= 15 is 0 Å². The zero-order valence-electron chi connectivity index (χ0n) is 18.1. The smallest absolute Gasteiger partial charge is 0.242 e. The molecule has 0 saturated heterocycles. The molecule has 2 N–H and O–H groups in total. The van der Waals surface area contributed by atoms with E-state index in [4.69, 9.17) is 4.74 Å². The number of rotatable bonds is 9. The molecule has 9 heteroatoms. The van der Waals surface area contributed by atoms with E-state index in [1.807, 2.05) is 6.92 Å². The normalized spacial score (nSPS) is 12.2. The third-order valence-corrected chi connectivity index (χ3v) is 6.31. The highest BCUT2D eigenvalue weighted by molar-refractivity contribution is 7.89. The van der Waals surface area contributed by atoms with Crippen molar-refractivity contribution < 1.29 is 26.7 Å². The van der Waals surface area contributed by atoms with Crippen molar-refractivity contribution in [3.05, 3.63) is 89.5 Å². The van der Waals surface area contributed by atoms with Crippen molar-refractivity contribution in [3.63, 3.8) is 0 Å². The van der Waals surface area contributed by atoms with Gasteiger partial charge in [0.15, 0.2) is 11.6 Å². The molecule has 0 bridgehead atoms. The van der Waals surface area contributed by atoms with Crippen LogP contribution in [0.2, 0.25) is 0 Å². The SMILES string of the molecule is CCOc1ccc(S(=O)(=O)N[C@@H](Cc2ccccc2)C(=O)Nc2ccc(F)c(F)c2)cc1C. The quantitative estimate of drug-likeness (QED) is 0.487. The molecule has 1 atom stereocenters. The third-order valence-electron chi connectivity index (χ3n) is 4.84. The van der Waals surface area contributed by atoms with Crippen molar-refractivity contribution in [1.29, 1.82) is 0 Å². The Kier molecular flexibility index (Phi) is 7.78. The third kappa shape index (κ3) is 6.36. The van der Waals surface area contributed by atoms with Gasteiger partial charge < -0.3 is 10.1 Å². The molecule has 0 aliphatic carbocycles. The average molecular weight is 475 g/mol. The van der Waals surface area contributed by atoms with Crippen LogP contribution in [0.5, 0.6) is 5.75 Å². The summed E-state index contributed by atoms with van der Waals surface area (Å²) in [5, 5.41) is 2.45. The van der Waals surface area contributed by atoms with Gasteiger partial charge in [0, 0.05) is 11.8 Å². The number of ether oxygens (including phenoxy) is 1. The first kappa shape index (κ1) is 24.3. The monoisotopic (exact) mass is 474 g/mol. The van der Waals surface area contributed by atoms with Gasteiger partial charge >= 0.3 is 0 Å². The fourth-order valence-corrected chi connectivity index (χ4v) is 4.48. The number of nitrogens with one attached hydrogen (secondary N) is 2. The first-order valence-electron chi connectivity index (χ1n) is 10.2. The van der Waals surface area contributed by atoms with Gasteiger partial charge in [-0.05, 0) is 61.7 Å². The van der Waals surface area contributed by atoms with E-state index in [0.717, 1.165) is 12.1 Å². The highest BCUT2D eigenvalue weighted by Crippen LogP contribution is 2.22. The number of halogens is 2. The summed E-state index contributed by atoms with van der Waals surface area (Å²) < 4.78 is 60.8. The van der Waals surface area contributed by atoms with Crippen molar-refractivity contribution in [2.24, 2.45) is 0 Å². The lowest BCUT2D eigenvalue weighted by atomic mass is 10.1. The summed E-state index contributed by atoms with van der Waals surface area (Å²) in [6, 6.07) is 15.0. The van der Waals surface area contributed by atoms with Gasteiger partial charge in [-0.1, -0.05) is 30.3 Å². The first-order valence-corrected chi connectivity index (χ1v) is 11.7. The molecule has 0 unspecified atom stereocenters. The summed E-state index contributed by atoms with van der Waals surface area (Å²) in [4.78, 5) is 12.9. The van der Waals surface area contributed by atoms with E-state index < -0.39 is 33.6 Å². The van der Waals surface area contributed by atoms with E-state index in [1.165, 1.54) is 18.2 Å². The molecule has 0 radical (unpaired) electrons. The van der Waals surface area contributed by atoms with Crippen LogP contribution in [-0.4, -0.2) is 27.0 Å². The minimum absolute atomic E-state index is 0.00747. The summed E-state index contributed by atoms with van der Waals surface area (Å²) in [6.07, 6.45) is 0.0472. The standard InChI is InChI=1S/C24H24F2N2O4S/c1-3-32-23-12-10-19(13-16(23)2)33(30,31)28-22(14-17-7-5-4-6-8-17)24(29)27-18-9-11-20(25)21(26)15-18/h4-13,15,22,28H,3,14H2,1-2H3,(H,27,29)/t22-/m0/s1. The Labute approximate surface area is 191 Å². The number of anilines is 1. The Bertz CT molecular complexity index is 1230. The lowest BCUT2D eigenvalue weighted by Gasteiger charge is -2.19. The van der Waals surface area contributed by atoms with Gasteiger partial charge in [0.25, 0.3) is 0 Å². The summed E-state index contributed by atoms with van der Waals surface area (Å²) in [5.74, 6) is -2.33. The molecule has 0 aliphatic rings. The molecule has 0 heterocycles. The molecular formula is C24H24F2N2O4S. The highest BCUT2D eigenvalue weighted by atomic mass is 32.2.